The fraction of sp³-hybridized carbons (Fsp3) is 0. The van der Waals surface area contributed by atoms with E-state index in [9.17, 15) is 15.8 Å². The molecule has 0 N–H and O–H groups in total. The monoisotopic (exact) mass is 634 g/mol. The summed E-state index contributed by atoms with van der Waals surface area (Å²) in [6, 6.07) is 35.6. The molecule has 0 spiro atoms. The molecule has 2 aliphatic carbocycles. The summed E-state index contributed by atoms with van der Waals surface area (Å²) in [7, 11) is 0. The van der Waals surface area contributed by atoms with Gasteiger partial charge in [-0.05, 0) is 80.4 Å². The van der Waals surface area contributed by atoms with E-state index in [1.165, 1.54) is 0 Å². The van der Waals surface area contributed by atoms with Gasteiger partial charge in [0.25, 0.3) is 11.4 Å². The summed E-state index contributed by atoms with van der Waals surface area (Å²) < 4.78 is 0. The SMILES string of the molecule is [C-]#[N+]C1=C(c2ccc(C3=C(C#N)c4cc(-c5ccccn5)ccc4/C3=C(/C#N)[N+]#[C-])cc2)/C(=C(/C#N)[N+]#[C-])c2ccc(-c3ccccn3)cc21. The van der Waals surface area contributed by atoms with Gasteiger partial charge in [-0.2, -0.15) is 5.26 Å². The van der Waals surface area contributed by atoms with Crippen LogP contribution in [0.15, 0.2) is 121 Å². The van der Waals surface area contributed by atoms with Crippen LogP contribution in [0.25, 0.3) is 70.6 Å². The molecule has 0 radical (unpaired) electrons. The molecule has 0 bridgehead atoms. The number of hydrogen-bond acceptors (Lipinski definition) is 5. The fourth-order valence-electron chi connectivity index (χ4n) is 6.47. The highest BCUT2D eigenvalue weighted by atomic mass is 14.7. The molecule has 226 valence electrons. The summed E-state index contributed by atoms with van der Waals surface area (Å²) in [5.74, 6) is 0. The highest BCUT2D eigenvalue weighted by Crippen LogP contribution is 2.52. The minimum absolute atomic E-state index is 0.139. The molecular weight excluding hydrogens is 617 g/mol. The van der Waals surface area contributed by atoms with E-state index in [1.54, 1.807) is 36.7 Å². The van der Waals surface area contributed by atoms with Gasteiger partial charge in [0, 0.05) is 29.1 Å². The van der Waals surface area contributed by atoms with Gasteiger partial charge in [0.05, 0.1) is 48.8 Å². The lowest BCUT2D eigenvalue weighted by Gasteiger charge is -2.12. The number of allylic oxidation sites excluding steroid dienone is 7. The Kier molecular flexibility index (Phi) is 7.67. The van der Waals surface area contributed by atoms with E-state index in [-0.39, 0.29) is 11.4 Å². The summed E-state index contributed by atoms with van der Waals surface area (Å²) in [5, 5.41) is 30.5. The molecule has 3 aromatic carbocycles. The Bertz CT molecular complexity index is 2450. The highest BCUT2D eigenvalue weighted by molar-refractivity contribution is 6.27. The van der Waals surface area contributed by atoms with Gasteiger partial charge in [-0.1, -0.05) is 66.7 Å². The van der Waals surface area contributed by atoms with Crippen molar-refractivity contribution in [3.05, 3.63) is 188 Å². The third kappa shape index (κ3) is 4.81. The number of rotatable bonds is 4. The van der Waals surface area contributed by atoms with Crippen LogP contribution < -0.4 is 0 Å². The molecule has 0 saturated heterocycles. The second-order valence-corrected chi connectivity index (χ2v) is 11.1. The second-order valence-electron chi connectivity index (χ2n) is 11.1. The van der Waals surface area contributed by atoms with Crippen LogP contribution in [-0.2, 0) is 0 Å². The molecule has 2 aromatic heterocycles. The quantitative estimate of drug-likeness (QED) is 0.144. The number of hydrogen-bond donors (Lipinski definition) is 0. The molecule has 0 atom stereocenters. The Labute approximate surface area is 287 Å². The zero-order valence-corrected chi connectivity index (χ0v) is 26.0. The fourth-order valence-corrected chi connectivity index (χ4v) is 6.47. The van der Waals surface area contributed by atoms with Crippen LogP contribution >= 0.6 is 0 Å². The Morgan fingerprint density at radius 2 is 1.02 bits per heavy atom. The van der Waals surface area contributed by atoms with Crippen LogP contribution in [0.3, 0.4) is 0 Å². The largest absolute Gasteiger partial charge is 0.270 e. The lowest BCUT2D eigenvalue weighted by molar-refractivity contribution is 1.32. The number of benzene rings is 3. The molecule has 0 unspecified atom stereocenters. The van der Waals surface area contributed by atoms with Crippen molar-refractivity contribution in [3.8, 4) is 40.7 Å². The maximum absolute atomic E-state index is 10.5. The minimum Gasteiger partial charge on any atom is -0.256 e. The van der Waals surface area contributed by atoms with Gasteiger partial charge in [0.2, 0.25) is 5.70 Å². The number of nitrogens with zero attached hydrogens (tertiary/aromatic N) is 8. The third-order valence-corrected chi connectivity index (χ3v) is 8.61. The van der Waals surface area contributed by atoms with Crippen molar-refractivity contribution >= 4 is 33.6 Å². The molecular formula is C42H18N8. The van der Waals surface area contributed by atoms with Crippen molar-refractivity contribution in [3.63, 3.8) is 0 Å². The van der Waals surface area contributed by atoms with Gasteiger partial charge >= 0.3 is 0 Å². The summed E-state index contributed by atoms with van der Waals surface area (Å²) in [4.78, 5) is 19.8. The van der Waals surface area contributed by atoms with E-state index in [2.05, 4.69) is 30.6 Å². The molecule has 5 aromatic rings. The Morgan fingerprint density at radius 3 is 1.48 bits per heavy atom. The summed E-state index contributed by atoms with van der Waals surface area (Å²) >= 11 is 0. The van der Waals surface area contributed by atoms with Gasteiger partial charge in [0.15, 0.2) is 0 Å². The first kappa shape index (κ1) is 30.5. The van der Waals surface area contributed by atoms with Crippen LogP contribution in [-0.4, -0.2) is 9.97 Å². The Morgan fingerprint density at radius 1 is 0.540 bits per heavy atom. The maximum Gasteiger partial charge on any atom is 0.270 e. The van der Waals surface area contributed by atoms with E-state index < -0.39 is 0 Å². The van der Waals surface area contributed by atoms with Crippen molar-refractivity contribution in [2.24, 2.45) is 0 Å². The molecule has 0 aliphatic heterocycles. The third-order valence-electron chi connectivity index (χ3n) is 8.61. The van der Waals surface area contributed by atoms with Crippen LogP contribution in [0.2, 0.25) is 0 Å². The van der Waals surface area contributed by atoms with Gasteiger partial charge in [-0.25, -0.2) is 25.1 Å². The van der Waals surface area contributed by atoms with Gasteiger partial charge < -0.3 is 0 Å². The molecule has 8 heteroatoms. The predicted octanol–water partition coefficient (Wildman–Crippen LogP) is 9.37. The first-order chi connectivity index (χ1) is 24.6. The molecule has 2 heterocycles. The van der Waals surface area contributed by atoms with Crippen LogP contribution in [0, 0.1) is 53.7 Å². The lowest BCUT2D eigenvalue weighted by atomic mass is 9.91. The molecule has 0 saturated carbocycles. The molecule has 50 heavy (non-hydrogen) atoms. The first-order valence-electron chi connectivity index (χ1n) is 15.1. The van der Waals surface area contributed by atoms with Crippen LogP contribution in [0.5, 0.6) is 0 Å². The number of pyridine rings is 2. The molecule has 0 fully saturated rings. The normalized spacial score (nSPS) is 14.6. The Hall–Kier alpha value is -8.14. The topological polar surface area (TPSA) is 110 Å². The van der Waals surface area contributed by atoms with E-state index in [0.717, 1.165) is 22.5 Å². The first-order valence-corrected chi connectivity index (χ1v) is 15.1. The summed E-state index contributed by atoms with van der Waals surface area (Å²) in [6.07, 6.45) is 3.37. The number of fused-ring (bicyclic) bond motifs is 2. The van der Waals surface area contributed by atoms with Crippen molar-refractivity contribution in [1.82, 2.24) is 9.97 Å². The molecule has 2 aliphatic rings. The maximum atomic E-state index is 10.5. The van der Waals surface area contributed by atoms with Crippen LogP contribution in [0.4, 0.5) is 0 Å². The average molecular weight is 635 g/mol. The predicted molar refractivity (Wildman–Crippen MR) is 190 cm³/mol. The van der Waals surface area contributed by atoms with E-state index in [4.69, 9.17) is 19.7 Å². The van der Waals surface area contributed by atoms with E-state index in [1.807, 2.05) is 84.9 Å². The smallest absolute Gasteiger partial charge is 0.256 e. The number of nitriles is 3. The minimum atomic E-state index is -0.143. The Balaban J connectivity index is 1.41. The zero-order valence-electron chi connectivity index (χ0n) is 26.0. The zero-order chi connectivity index (χ0) is 34.8. The average Bonchev–Trinajstić information content (AvgIpc) is 3.68. The molecule has 0 amide bonds. The van der Waals surface area contributed by atoms with E-state index >= 15 is 0 Å². The van der Waals surface area contributed by atoms with Crippen molar-refractivity contribution in [1.29, 1.82) is 15.8 Å². The lowest BCUT2D eigenvalue weighted by Crippen LogP contribution is -1.93. The van der Waals surface area contributed by atoms with Crippen molar-refractivity contribution in [2.45, 2.75) is 0 Å². The summed E-state index contributed by atoms with van der Waals surface area (Å²) in [6.45, 7) is 23.7. The second kappa shape index (κ2) is 12.6. The van der Waals surface area contributed by atoms with Crippen molar-refractivity contribution in [2.75, 3.05) is 0 Å². The molecule has 7 rings (SSSR count). The van der Waals surface area contributed by atoms with Crippen LogP contribution in [0.1, 0.15) is 33.4 Å². The van der Waals surface area contributed by atoms with Gasteiger partial charge in [-0.3, -0.25) is 9.97 Å². The van der Waals surface area contributed by atoms with Gasteiger partial charge in [0.1, 0.15) is 6.07 Å². The molecule has 8 nitrogen and oxygen atoms in total. The van der Waals surface area contributed by atoms with E-state index in [0.29, 0.717) is 66.9 Å². The standard InChI is InChI=1S/C42H18N8/c1-46-36(23-44)40-29-16-14-27(34-8-4-6-18-49-34)20-31(29)33(22-43)38(40)25-10-12-26(13-11-25)39-41(37(24-45)47-2)30-17-15-28(21-32(30)42(39)48-3)35-9-5-7-19-50-35/h4-21H/b40-36+,41-37-. The summed E-state index contributed by atoms with van der Waals surface area (Å²) in [5.41, 5.74) is 8.54. The van der Waals surface area contributed by atoms with Crippen molar-refractivity contribution < 1.29 is 0 Å². The number of aromatic nitrogens is 2. The van der Waals surface area contributed by atoms with Gasteiger partial charge in [-0.15, -0.1) is 0 Å². The highest BCUT2D eigenvalue weighted by Gasteiger charge is 2.33.